The second kappa shape index (κ2) is 8.55. The number of piperazine rings is 1. The molecule has 1 amide bonds. The Hall–Kier alpha value is -3.75. The minimum absolute atomic E-state index is 0.221. The van der Waals surface area contributed by atoms with Crippen molar-refractivity contribution in [2.75, 3.05) is 31.1 Å². The first-order chi connectivity index (χ1) is 15.1. The van der Waals surface area contributed by atoms with Gasteiger partial charge >= 0.3 is 6.09 Å². The van der Waals surface area contributed by atoms with Crippen LogP contribution in [0.1, 0.15) is 11.4 Å². The van der Waals surface area contributed by atoms with Crippen molar-refractivity contribution in [3.63, 3.8) is 0 Å². The number of hydrogen-bond acceptors (Lipinski definition) is 7. The first-order valence-electron chi connectivity index (χ1n) is 9.97. The molecule has 1 unspecified atom stereocenters. The highest BCUT2D eigenvalue weighted by Crippen LogP contribution is 2.35. The van der Waals surface area contributed by atoms with Gasteiger partial charge in [0.1, 0.15) is 23.8 Å². The fraction of sp³-hybridized carbons (Fsp3) is 0.318. The van der Waals surface area contributed by atoms with E-state index >= 15 is 0 Å². The molecular weight excluding hydrogens is 398 g/mol. The van der Waals surface area contributed by atoms with Crippen LogP contribution in [0.15, 0.2) is 48.7 Å². The highest BCUT2D eigenvalue weighted by Gasteiger charge is 2.51. The van der Waals surface area contributed by atoms with Crippen LogP contribution >= 0.6 is 0 Å². The Morgan fingerprint density at radius 3 is 2.71 bits per heavy atom. The summed E-state index contributed by atoms with van der Waals surface area (Å²) in [5.41, 5.74) is 1.49. The number of benzene rings is 1. The van der Waals surface area contributed by atoms with Gasteiger partial charge in [0.05, 0.1) is 5.39 Å². The zero-order valence-corrected chi connectivity index (χ0v) is 17.1. The Balaban J connectivity index is 0.000000730. The van der Waals surface area contributed by atoms with Crippen LogP contribution in [0.25, 0.3) is 11.0 Å². The Morgan fingerprint density at radius 2 is 1.94 bits per heavy atom. The molecule has 2 aromatic heterocycles. The summed E-state index contributed by atoms with van der Waals surface area (Å²) in [7, 11) is 0. The van der Waals surface area contributed by atoms with E-state index in [4.69, 9.17) is 19.6 Å². The number of nitrogens with zero attached hydrogens (tertiary/aromatic N) is 5. The van der Waals surface area contributed by atoms with Crippen LogP contribution in [0, 0.1) is 6.92 Å². The van der Waals surface area contributed by atoms with Crippen LogP contribution in [0.4, 0.5) is 10.6 Å². The number of carboxylic acid groups (broad SMARTS) is 1. The number of cyclic esters (lactones) is 1. The molecule has 2 fully saturated rings. The minimum atomic E-state index is -0.399. The number of ether oxygens (including phenoxy) is 1. The molecule has 0 spiro atoms. The Morgan fingerprint density at radius 1 is 1.16 bits per heavy atom. The molecule has 1 aromatic carbocycles. The third kappa shape index (κ3) is 3.98. The zero-order valence-electron chi connectivity index (χ0n) is 17.1. The molecule has 9 heteroatoms. The summed E-state index contributed by atoms with van der Waals surface area (Å²) in [6.07, 6.45) is 2.27. The van der Waals surface area contributed by atoms with Gasteiger partial charge in [0.25, 0.3) is 6.47 Å². The predicted octanol–water partition coefficient (Wildman–Crippen LogP) is 2.29. The summed E-state index contributed by atoms with van der Waals surface area (Å²) in [5, 5.41) is 7.82. The highest BCUT2D eigenvalue weighted by molar-refractivity contribution is 5.87. The molecule has 2 aliphatic rings. The van der Waals surface area contributed by atoms with Crippen molar-refractivity contribution >= 4 is 29.4 Å². The molecule has 31 heavy (non-hydrogen) atoms. The number of hydrogen-bond donors (Lipinski definition) is 1. The molecule has 160 valence electrons. The minimum Gasteiger partial charge on any atom is -0.483 e. The van der Waals surface area contributed by atoms with E-state index in [9.17, 15) is 4.79 Å². The van der Waals surface area contributed by atoms with Gasteiger partial charge in [-0.15, -0.1) is 0 Å². The van der Waals surface area contributed by atoms with Crippen LogP contribution in [0.5, 0.6) is 0 Å². The summed E-state index contributed by atoms with van der Waals surface area (Å²) in [4.78, 5) is 38.4. The van der Waals surface area contributed by atoms with Crippen molar-refractivity contribution < 1.29 is 19.4 Å². The lowest BCUT2D eigenvalue weighted by molar-refractivity contribution is -0.122. The highest BCUT2D eigenvalue weighted by atomic mass is 16.6. The van der Waals surface area contributed by atoms with Gasteiger partial charge in [0.2, 0.25) is 0 Å². The lowest BCUT2D eigenvalue weighted by Gasteiger charge is -2.45. The maximum Gasteiger partial charge on any atom is 0.410 e. The smallest absolute Gasteiger partial charge is 0.410 e. The number of aromatic nitrogens is 3. The Bertz CT molecular complexity index is 1090. The largest absolute Gasteiger partial charge is 0.483 e. The quantitative estimate of drug-likeness (QED) is 0.642. The van der Waals surface area contributed by atoms with Gasteiger partial charge in [-0.25, -0.2) is 19.7 Å². The van der Waals surface area contributed by atoms with Crippen molar-refractivity contribution in [1.29, 1.82) is 0 Å². The molecule has 1 N–H and O–H groups in total. The molecule has 0 radical (unpaired) electrons. The lowest BCUT2D eigenvalue weighted by atomic mass is 9.88. The standard InChI is InChI=1S/C21H21N5O2.CH2O2/c1-15-23-18-17(8-5-9-22-18)19(24-15)25-10-11-26-20(27)28-14-21(26,13-25)12-16-6-3-2-4-7-16;2-1-3/h2-9H,10-14H2,1H3;1H,(H,2,3). The zero-order chi connectivity index (χ0) is 21.8. The Kier molecular flexibility index (Phi) is 5.66. The number of aryl methyl sites for hydroxylation is 1. The first kappa shape index (κ1) is 20.5. The van der Waals surface area contributed by atoms with E-state index in [1.807, 2.05) is 42.2 Å². The predicted molar refractivity (Wildman–Crippen MR) is 114 cm³/mol. The summed E-state index contributed by atoms with van der Waals surface area (Å²) < 4.78 is 5.49. The fourth-order valence-electron chi connectivity index (χ4n) is 4.31. The summed E-state index contributed by atoms with van der Waals surface area (Å²) in [5.74, 6) is 1.57. The number of pyridine rings is 1. The third-order valence-corrected chi connectivity index (χ3v) is 5.57. The number of rotatable bonds is 3. The van der Waals surface area contributed by atoms with Crippen molar-refractivity contribution in [3.8, 4) is 0 Å². The summed E-state index contributed by atoms with van der Waals surface area (Å²) in [6, 6.07) is 14.2. The van der Waals surface area contributed by atoms with Crippen molar-refractivity contribution in [3.05, 3.63) is 60.0 Å². The average Bonchev–Trinajstić information content (AvgIpc) is 3.10. The summed E-state index contributed by atoms with van der Waals surface area (Å²) in [6.45, 7) is 3.99. The van der Waals surface area contributed by atoms with Gasteiger partial charge in [0, 0.05) is 32.3 Å². The molecule has 0 bridgehead atoms. The SMILES string of the molecule is Cc1nc(N2CCN3C(=O)OCC3(Cc3ccccc3)C2)c2cccnc2n1.O=CO. The number of carbonyl (C=O) groups is 2. The van der Waals surface area contributed by atoms with Crippen LogP contribution in [0.3, 0.4) is 0 Å². The number of fused-ring (bicyclic) bond motifs is 2. The van der Waals surface area contributed by atoms with Crippen molar-refractivity contribution in [2.45, 2.75) is 18.9 Å². The molecule has 2 aliphatic heterocycles. The molecule has 1 atom stereocenters. The van der Waals surface area contributed by atoms with E-state index in [2.05, 4.69) is 27.0 Å². The molecule has 4 heterocycles. The monoisotopic (exact) mass is 421 g/mol. The Labute approximate surface area is 179 Å². The average molecular weight is 421 g/mol. The fourth-order valence-corrected chi connectivity index (χ4v) is 4.31. The topological polar surface area (TPSA) is 109 Å². The van der Waals surface area contributed by atoms with Crippen molar-refractivity contribution in [1.82, 2.24) is 19.9 Å². The van der Waals surface area contributed by atoms with Gasteiger partial charge in [0.15, 0.2) is 5.65 Å². The second-order valence-electron chi connectivity index (χ2n) is 7.59. The molecule has 5 rings (SSSR count). The molecule has 3 aromatic rings. The number of amides is 1. The molecular formula is C22H23N5O4. The molecule has 0 aliphatic carbocycles. The second-order valence-corrected chi connectivity index (χ2v) is 7.59. The van der Waals surface area contributed by atoms with Gasteiger partial charge in [-0.1, -0.05) is 30.3 Å². The third-order valence-electron chi connectivity index (χ3n) is 5.57. The van der Waals surface area contributed by atoms with Crippen LogP contribution < -0.4 is 4.90 Å². The number of anilines is 1. The lowest BCUT2D eigenvalue weighted by Crippen LogP contribution is -2.62. The molecule has 0 saturated carbocycles. The summed E-state index contributed by atoms with van der Waals surface area (Å²) >= 11 is 0. The maximum absolute atomic E-state index is 12.4. The van der Waals surface area contributed by atoms with Gasteiger partial charge in [-0.3, -0.25) is 9.69 Å². The van der Waals surface area contributed by atoms with Gasteiger partial charge in [-0.2, -0.15) is 0 Å². The number of carbonyl (C=O) groups excluding carboxylic acids is 1. The van der Waals surface area contributed by atoms with E-state index in [1.54, 1.807) is 6.20 Å². The van der Waals surface area contributed by atoms with Crippen LogP contribution in [0.2, 0.25) is 0 Å². The van der Waals surface area contributed by atoms with E-state index < -0.39 is 5.54 Å². The molecule has 9 nitrogen and oxygen atoms in total. The first-order valence-corrected chi connectivity index (χ1v) is 9.97. The van der Waals surface area contributed by atoms with E-state index in [-0.39, 0.29) is 12.6 Å². The van der Waals surface area contributed by atoms with Gasteiger partial charge in [-0.05, 0) is 24.6 Å². The van der Waals surface area contributed by atoms with Crippen LogP contribution in [-0.4, -0.2) is 69.3 Å². The van der Waals surface area contributed by atoms with E-state index in [0.717, 1.165) is 17.6 Å². The van der Waals surface area contributed by atoms with Crippen LogP contribution in [-0.2, 0) is 16.0 Å². The maximum atomic E-state index is 12.4. The van der Waals surface area contributed by atoms with Crippen molar-refractivity contribution in [2.24, 2.45) is 0 Å². The van der Waals surface area contributed by atoms with E-state index in [0.29, 0.717) is 37.7 Å². The van der Waals surface area contributed by atoms with E-state index in [1.165, 1.54) is 5.56 Å². The molecule has 2 saturated heterocycles. The normalized spacial score (nSPS) is 20.0. The van der Waals surface area contributed by atoms with Gasteiger partial charge < -0.3 is 14.7 Å².